The van der Waals surface area contributed by atoms with Crippen molar-refractivity contribution in [2.75, 3.05) is 13.7 Å². The van der Waals surface area contributed by atoms with Crippen LogP contribution < -0.4 is 18.9 Å². The van der Waals surface area contributed by atoms with Crippen LogP contribution in [0.3, 0.4) is 0 Å². The Morgan fingerprint density at radius 2 is 1.58 bits per heavy atom. The van der Waals surface area contributed by atoms with Gasteiger partial charge in [0.1, 0.15) is 52.8 Å². The van der Waals surface area contributed by atoms with Gasteiger partial charge in [-0.3, -0.25) is 19.2 Å². The van der Waals surface area contributed by atoms with E-state index in [0.29, 0.717) is 18.4 Å². The molecule has 3 saturated carbocycles. The summed E-state index contributed by atoms with van der Waals surface area (Å²) in [6, 6.07) is 5.70. The Hall–Kier alpha value is -5.05. The van der Waals surface area contributed by atoms with Crippen LogP contribution in [0.1, 0.15) is 126 Å². The Labute approximate surface area is 438 Å². The third kappa shape index (κ3) is 8.89. The number of rotatable bonds is 16. The lowest BCUT2D eigenvalue weighted by Gasteiger charge is -2.65. The van der Waals surface area contributed by atoms with E-state index in [1.165, 1.54) is 44.4 Å². The standard InChI is InChI=1S/C56H67BrO17/c1-27(2)12-11-21-53(9)22-20-34-43(72-53)33(18-13-28(3)4)45-39(44(34)71-50(67)30(6)24-36(59)31-14-16-32(17-15-31)69-51-42(62)41(61)40(60)37(26-58)70-51)48(65)55(57)47(64)35-25-38-52(7,8)74-54(46(35)63,56(38,55)73-45)23-19-29(5)49(66)68-10/h12-17,19-20,22,30,35,37-38,40-42,47,51,58,60-62,64H,11,18,21,23-26H2,1-10H3/b29-19-/t30?,35?,37-,38?,40-,41+,42-,47?,51-,53?,54?,55?,56?/m1/s1. The van der Waals surface area contributed by atoms with Gasteiger partial charge in [-0.05, 0) is 117 Å². The summed E-state index contributed by atoms with van der Waals surface area (Å²) in [5.74, 6) is -5.94. The minimum absolute atomic E-state index is 0.0227. The summed E-state index contributed by atoms with van der Waals surface area (Å²) in [6.45, 7) is 15.8. The molecule has 2 saturated heterocycles. The van der Waals surface area contributed by atoms with Gasteiger partial charge >= 0.3 is 11.9 Å². The van der Waals surface area contributed by atoms with Gasteiger partial charge in [-0.25, -0.2) is 4.79 Å². The van der Waals surface area contributed by atoms with Crippen LogP contribution in [0.25, 0.3) is 6.08 Å². The molecule has 5 N–H and O–H groups in total. The lowest BCUT2D eigenvalue weighted by atomic mass is 9.45. The first-order chi connectivity index (χ1) is 34.7. The fourth-order valence-corrected chi connectivity index (χ4v) is 12.9. The first-order valence-electron chi connectivity index (χ1n) is 25.0. The number of benzene rings is 2. The van der Waals surface area contributed by atoms with Crippen LogP contribution in [0.2, 0.25) is 0 Å². The van der Waals surface area contributed by atoms with E-state index in [1.54, 1.807) is 13.0 Å². The van der Waals surface area contributed by atoms with E-state index in [9.17, 15) is 39.9 Å². The van der Waals surface area contributed by atoms with Crippen molar-refractivity contribution in [1.29, 1.82) is 0 Å². The van der Waals surface area contributed by atoms with Crippen LogP contribution in [0, 0.1) is 17.8 Å². The number of aliphatic hydroxyl groups is 5. The van der Waals surface area contributed by atoms with Crippen LogP contribution in [0.15, 0.2) is 65.3 Å². The Morgan fingerprint density at radius 3 is 2.22 bits per heavy atom. The van der Waals surface area contributed by atoms with Gasteiger partial charge in [-0.15, -0.1) is 0 Å². The number of ether oxygens (including phenoxy) is 7. The molecule has 13 atom stereocenters. The van der Waals surface area contributed by atoms with E-state index in [-0.39, 0.29) is 70.9 Å². The molecule has 8 unspecified atom stereocenters. The normalized spacial score (nSPS) is 33.5. The number of fused-ring (bicyclic) bond motifs is 2. The van der Waals surface area contributed by atoms with E-state index in [1.807, 2.05) is 60.6 Å². The molecule has 400 valence electrons. The summed E-state index contributed by atoms with van der Waals surface area (Å²) in [4.78, 5) is 72.5. The average molecular weight is 1090 g/mol. The van der Waals surface area contributed by atoms with Crippen LogP contribution in [-0.4, -0.2) is 132 Å². The molecule has 9 rings (SSSR count). The largest absolute Gasteiger partial charge is 0.482 e. The zero-order valence-electron chi connectivity index (χ0n) is 43.4. The maximum Gasteiger partial charge on any atom is 0.333 e. The van der Waals surface area contributed by atoms with Gasteiger partial charge in [0.25, 0.3) is 0 Å². The molecule has 17 nitrogen and oxygen atoms in total. The van der Waals surface area contributed by atoms with Gasteiger partial charge in [-0.1, -0.05) is 52.2 Å². The molecule has 4 bridgehead atoms. The van der Waals surface area contributed by atoms with E-state index in [0.717, 1.165) is 11.1 Å². The van der Waals surface area contributed by atoms with Crippen molar-refractivity contribution >= 4 is 51.3 Å². The fraction of sp³-hybridized carbons (Fsp3) is 0.554. The predicted molar refractivity (Wildman–Crippen MR) is 271 cm³/mol. The average Bonchev–Trinajstić information content (AvgIpc) is 3.49. The Morgan fingerprint density at radius 1 is 0.905 bits per heavy atom. The molecule has 74 heavy (non-hydrogen) atoms. The van der Waals surface area contributed by atoms with Crippen molar-refractivity contribution in [2.45, 2.75) is 164 Å². The summed E-state index contributed by atoms with van der Waals surface area (Å²) in [6.07, 6.45) is 0.899. The van der Waals surface area contributed by atoms with Gasteiger partial charge in [0.2, 0.25) is 6.29 Å². The number of halogens is 1. The molecular weight excluding hydrogens is 1020 g/mol. The number of ketones is 3. The highest BCUT2D eigenvalue weighted by atomic mass is 79.9. The monoisotopic (exact) mass is 1090 g/mol. The van der Waals surface area contributed by atoms with E-state index < -0.39 is 117 Å². The fourth-order valence-electron chi connectivity index (χ4n) is 11.7. The van der Waals surface area contributed by atoms with E-state index >= 15 is 9.59 Å². The zero-order valence-corrected chi connectivity index (χ0v) is 44.9. The smallest absolute Gasteiger partial charge is 0.333 e. The van der Waals surface area contributed by atoms with Gasteiger partial charge in [0.05, 0.1) is 36.9 Å². The number of allylic oxidation sites excluding steroid dienone is 4. The highest BCUT2D eigenvalue weighted by Gasteiger charge is 2.90. The number of Topliss-reactive ketones (excluding diaryl/α,β-unsaturated/α-hetero) is 3. The summed E-state index contributed by atoms with van der Waals surface area (Å²) >= 11 is 3.80. The minimum Gasteiger partial charge on any atom is -0.482 e. The Balaban J connectivity index is 1.22. The lowest BCUT2D eigenvalue weighted by Crippen LogP contribution is -2.86. The second-order valence-electron chi connectivity index (χ2n) is 21.8. The minimum atomic E-state index is -2.09. The number of carbonyl (C=O) groups excluding carboxylic acids is 5. The topological polar surface area (TPSA) is 251 Å². The van der Waals surface area contributed by atoms with Crippen LogP contribution >= 0.6 is 15.9 Å². The lowest BCUT2D eigenvalue weighted by molar-refractivity contribution is -0.277. The van der Waals surface area contributed by atoms with Crippen molar-refractivity contribution in [2.24, 2.45) is 17.8 Å². The zero-order chi connectivity index (χ0) is 54.2. The van der Waals surface area contributed by atoms with Gasteiger partial charge in [0, 0.05) is 41.4 Å². The molecule has 1 spiro atoms. The third-order valence-electron chi connectivity index (χ3n) is 15.7. The highest BCUT2D eigenvalue weighted by Crippen LogP contribution is 2.73. The van der Waals surface area contributed by atoms with Crippen LogP contribution in [0.4, 0.5) is 0 Å². The number of methoxy groups -OCH3 is 1. The molecule has 4 heterocycles. The summed E-state index contributed by atoms with van der Waals surface area (Å²) < 4.78 is 41.8. The third-order valence-corrected chi connectivity index (χ3v) is 17.1. The molecule has 0 radical (unpaired) electrons. The molecule has 0 amide bonds. The molecule has 2 aromatic carbocycles. The maximum atomic E-state index is 16.2. The van der Waals surface area contributed by atoms with Gasteiger partial charge in [0.15, 0.2) is 38.6 Å². The first-order valence-corrected chi connectivity index (χ1v) is 25.8. The quantitative estimate of drug-likeness (QED) is 0.0314. The van der Waals surface area contributed by atoms with Crippen molar-refractivity contribution in [1.82, 2.24) is 0 Å². The molecule has 5 fully saturated rings. The van der Waals surface area contributed by atoms with Crippen LogP contribution in [-0.2, 0) is 35.0 Å². The number of hydrogen-bond acceptors (Lipinski definition) is 17. The van der Waals surface area contributed by atoms with Gasteiger partial charge in [-0.2, -0.15) is 0 Å². The maximum absolute atomic E-state index is 16.2. The summed E-state index contributed by atoms with van der Waals surface area (Å²) in [5, 5.41) is 52.9. The highest BCUT2D eigenvalue weighted by molar-refractivity contribution is 9.10. The Bertz CT molecular complexity index is 2750. The molecular formula is C56H67BrO17. The number of hydrogen-bond donors (Lipinski definition) is 5. The van der Waals surface area contributed by atoms with E-state index in [4.69, 9.17) is 33.2 Å². The number of esters is 2. The SMILES string of the molecule is COC(=O)/C(C)=C\CC12OC(C)(C)C3CC(C1=O)C(O)C1(Br)C(=O)c4c(OC(=O)C(C)CC(=O)c5ccc(O[C@@H]6O[C@H](CO)[C@@H](O)[C@H](O)[C@H]6O)cc5)c5c(c(CC=C(C)C)c4OC321)OC(C)(CCC=C(C)C)C=C5. The van der Waals surface area contributed by atoms with Crippen molar-refractivity contribution in [3.05, 3.63) is 87.5 Å². The molecule has 2 aromatic rings. The molecule has 3 aliphatic carbocycles. The van der Waals surface area contributed by atoms with Crippen molar-refractivity contribution < 1.29 is 82.7 Å². The molecule has 7 aliphatic rings. The van der Waals surface area contributed by atoms with Crippen molar-refractivity contribution in [3.8, 4) is 23.0 Å². The number of aliphatic hydroxyl groups excluding tert-OH is 5. The van der Waals surface area contributed by atoms with Crippen molar-refractivity contribution in [3.63, 3.8) is 0 Å². The van der Waals surface area contributed by atoms with Gasteiger partial charge < -0.3 is 58.7 Å². The predicted octanol–water partition coefficient (Wildman–Crippen LogP) is 6.18. The summed E-state index contributed by atoms with van der Waals surface area (Å²) in [7, 11) is 1.24. The second kappa shape index (κ2) is 20.1. The molecule has 18 heteroatoms. The Kier molecular flexibility index (Phi) is 15.0. The van der Waals surface area contributed by atoms with E-state index in [2.05, 4.69) is 22.0 Å². The molecule has 4 aliphatic heterocycles. The number of carbonyl (C=O) groups is 5. The molecule has 0 aromatic heterocycles. The second-order valence-corrected chi connectivity index (χ2v) is 23.0. The van der Waals surface area contributed by atoms with Crippen LogP contribution in [0.5, 0.6) is 23.0 Å². The number of alkyl halides is 1. The first kappa shape index (κ1) is 55.2. The summed E-state index contributed by atoms with van der Waals surface area (Å²) in [5.41, 5.74) is -2.99.